The Morgan fingerprint density at radius 2 is 0.833 bits per heavy atom. The molecule has 0 bridgehead atoms. The van der Waals surface area contributed by atoms with E-state index in [0.29, 0.717) is 0 Å². The van der Waals surface area contributed by atoms with Gasteiger partial charge in [-0.05, 0) is 36.4 Å². The van der Waals surface area contributed by atoms with Crippen molar-refractivity contribution in [1.82, 2.24) is 0 Å². The van der Waals surface area contributed by atoms with Crippen LogP contribution >= 0.6 is 7.92 Å². The highest BCUT2D eigenvalue weighted by Crippen LogP contribution is 2.32. The predicted molar refractivity (Wildman–Crippen MR) is 106 cm³/mol. The summed E-state index contributed by atoms with van der Waals surface area (Å²) in [5.41, 5.74) is 0. The molecule has 0 aliphatic carbocycles. The first-order valence-electron chi connectivity index (χ1n) is 7.93. The van der Waals surface area contributed by atoms with Gasteiger partial charge < -0.3 is 0 Å². The van der Waals surface area contributed by atoms with E-state index in [-0.39, 0.29) is 0 Å². The van der Waals surface area contributed by atoms with Crippen LogP contribution in [0, 0.1) is 22.5 Å². The molecule has 0 atom stereocenters. The van der Waals surface area contributed by atoms with E-state index in [0.717, 1.165) is 0 Å². The van der Waals surface area contributed by atoms with E-state index in [9.17, 15) is 0 Å². The minimum atomic E-state index is -0.877. The Morgan fingerprint density at radius 1 is 0.542 bits per heavy atom. The molecule has 0 unspecified atom stereocenters. The lowest BCUT2D eigenvalue weighted by Crippen LogP contribution is -2.20. The molecule has 4 heteroatoms. The van der Waals surface area contributed by atoms with Gasteiger partial charge in [-0.3, -0.25) is 0 Å². The molecule has 2 nitrogen and oxygen atoms in total. The Kier molecular flexibility index (Phi) is 7.30. The lowest BCUT2D eigenvalue weighted by atomic mass is 9.85. The molecule has 116 valence electrons. The molecule has 3 aromatic carbocycles. The van der Waals surface area contributed by atoms with Crippen LogP contribution in [0.4, 0.5) is 0 Å². The molecule has 24 heavy (non-hydrogen) atoms. The van der Waals surface area contributed by atoms with E-state index >= 15 is 0 Å². The molecule has 0 aliphatic heterocycles. The Bertz CT molecular complexity index is 703. The second kappa shape index (κ2) is 10.0. The maximum absolute atomic E-state index is 7.65. The first-order chi connectivity index (χ1) is 11.9. The maximum atomic E-state index is 7.65. The summed E-state index contributed by atoms with van der Waals surface area (Å²) in [5.74, 6) is 3.56. The molecule has 0 heterocycles. The molecule has 0 saturated carbocycles. The topological polar surface area (TPSA) is 47.6 Å². The third-order valence-corrected chi connectivity index (χ3v) is 6.14. The van der Waals surface area contributed by atoms with E-state index in [1.165, 1.54) is 15.9 Å². The third-order valence-electron chi connectivity index (χ3n) is 3.41. The third kappa shape index (κ3) is 5.10. The molecule has 0 saturated heterocycles. The standard InChI is InChI=1S/C18H15P.C2H2BN2/c1-4-10-16(11-5-1)19(17-12-6-2-7-13-17)18-14-8-3-9-15-18;4-1-3-2-5/h1-15H;3H2/q;-1/p+1. The molecule has 0 spiro atoms. The average Bonchev–Trinajstić information content (AvgIpc) is 2.66. The average molecular weight is 328 g/mol. The van der Waals surface area contributed by atoms with Gasteiger partial charge in [0.1, 0.15) is 15.9 Å². The van der Waals surface area contributed by atoms with Gasteiger partial charge in [0, 0.05) is 0 Å². The molecular formula is C20H18BN2P. The van der Waals surface area contributed by atoms with Crippen LogP contribution < -0.4 is 15.9 Å². The van der Waals surface area contributed by atoms with Crippen LogP contribution in [0.2, 0.25) is 0 Å². The lowest BCUT2D eigenvalue weighted by molar-refractivity contribution is 1.55. The molecule has 0 amide bonds. The Hall–Kier alpha value is -2.87. The first-order valence-corrected chi connectivity index (χ1v) is 9.43. The van der Waals surface area contributed by atoms with Gasteiger partial charge in [-0.25, -0.2) is 10.5 Å². The molecular weight excluding hydrogens is 310 g/mol. The number of benzene rings is 3. The van der Waals surface area contributed by atoms with Crippen molar-refractivity contribution in [3.05, 3.63) is 91.0 Å². The molecule has 0 aromatic heterocycles. The van der Waals surface area contributed by atoms with Crippen molar-refractivity contribution in [2.75, 3.05) is 0 Å². The van der Waals surface area contributed by atoms with Crippen LogP contribution in [0.1, 0.15) is 0 Å². The zero-order chi connectivity index (χ0) is 17.0. The van der Waals surface area contributed by atoms with Crippen molar-refractivity contribution >= 4 is 31.1 Å². The van der Waals surface area contributed by atoms with Crippen LogP contribution in [0.5, 0.6) is 0 Å². The predicted octanol–water partition coefficient (Wildman–Crippen LogP) is 2.29. The van der Waals surface area contributed by atoms with Gasteiger partial charge in [0.05, 0.1) is 7.92 Å². The smallest absolute Gasteiger partial charge is 0.179 e. The molecule has 0 radical (unpaired) electrons. The Morgan fingerprint density at radius 3 is 1.04 bits per heavy atom. The SMILES string of the molecule is N#C[BH2-]C#N.c1ccc([PH+](c2ccccc2)c2ccccc2)cc1. The summed E-state index contributed by atoms with van der Waals surface area (Å²) in [6, 6.07) is 32.5. The molecule has 0 N–H and O–H groups in total. The van der Waals surface area contributed by atoms with Gasteiger partial charge in [0.2, 0.25) is 0 Å². The summed E-state index contributed by atoms with van der Waals surface area (Å²) in [6.45, 7) is 0. The summed E-state index contributed by atoms with van der Waals surface area (Å²) in [7, 11) is -1.74. The highest BCUT2D eigenvalue weighted by atomic mass is 31.1. The van der Waals surface area contributed by atoms with Gasteiger partial charge >= 0.3 is 0 Å². The van der Waals surface area contributed by atoms with E-state index in [1.807, 2.05) is 0 Å². The van der Waals surface area contributed by atoms with E-state index in [4.69, 9.17) is 10.5 Å². The maximum Gasteiger partial charge on any atom is 0.179 e. The van der Waals surface area contributed by atoms with Crippen LogP contribution in [0.15, 0.2) is 91.0 Å². The number of hydrogen-bond acceptors (Lipinski definition) is 2. The van der Waals surface area contributed by atoms with E-state index < -0.39 is 15.2 Å². The van der Waals surface area contributed by atoms with Crippen molar-refractivity contribution in [3.8, 4) is 11.9 Å². The molecule has 0 fully saturated rings. The highest BCUT2D eigenvalue weighted by molar-refractivity contribution is 7.79. The quantitative estimate of drug-likeness (QED) is 0.547. The molecule has 3 aromatic rings. The van der Waals surface area contributed by atoms with E-state index in [1.54, 1.807) is 11.9 Å². The van der Waals surface area contributed by atoms with Gasteiger partial charge in [-0.1, -0.05) is 54.6 Å². The Balaban J connectivity index is 0.000000368. The second-order valence-electron chi connectivity index (χ2n) is 5.17. The van der Waals surface area contributed by atoms with Gasteiger partial charge in [-0.2, -0.15) is 0 Å². The largest absolute Gasteiger partial charge is 0.249 e. The van der Waals surface area contributed by atoms with Crippen molar-refractivity contribution in [3.63, 3.8) is 0 Å². The first kappa shape index (κ1) is 17.5. The fourth-order valence-electron chi connectivity index (χ4n) is 2.36. The lowest BCUT2D eigenvalue weighted by Gasteiger charge is -2.10. The molecule has 0 aliphatic rings. The fraction of sp³-hybridized carbons (Fsp3) is 0. The minimum Gasteiger partial charge on any atom is -0.249 e. The number of rotatable bonds is 3. The summed E-state index contributed by atoms with van der Waals surface area (Å²) < 4.78 is 0. The number of nitriles is 2. The van der Waals surface area contributed by atoms with Crippen LogP contribution in [-0.4, -0.2) is 7.28 Å². The Labute approximate surface area is 145 Å². The summed E-state index contributed by atoms with van der Waals surface area (Å²) in [4.78, 5) is 0. The van der Waals surface area contributed by atoms with E-state index in [2.05, 4.69) is 91.0 Å². The van der Waals surface area contributed by atoms with Crippen LogP contribution in [0.25, 0.3) is 0 Å². The van der Waals surface area contributed by atoms with Gasteiger partial charge in [0.25, 0.3) is 0 Å². The van der Waals surface area contributed by atoms with Crippen molar-refractivity contribution in [2.45, 2.75) is 0 Å². The molecule has 3 rings (SSSR count). The minimum absolute atomic E-state index is 0.861. The van der Waals surface area contributed by atoms with Gasteiger partial charge in [-0.15, -0.1) is 11.9 Å². The monoisotopic (exact) mass is 328 g/mol. The number of nitrogens with zero attached hydrogens (tertiary/aromatic N) is 2. The second-order valence-corrected chi connectivity index (χ2v) is 7.65. The number of hydrogen-bond donors (Lipinski definition) is 0. The summed E-state index contributed by atoms with van der Waals surface area (Å²) in [6.07, 6.45) is 0. The highest BCUT2D eigenvalue weighted by Gasteiger charge is 2.24. The van der Waals surface area contributed by atoms with Crippen molar-refractivity contribution in [2.24, 2.45) is 0 Å². The fourth-order valence-corrected chi connectivity index (χ4v) is 4.94. The normalized spacial score (nSPS) is 9.29. The van der Waals surface area contributed by atoms with Crippen molar-refractivity contribution in [1.29, 1.82) is 10.5 Å². The zero-order valence-electron chi connectivity index (χ0n) is 13.6. The van der Waals surface area contributed by atoms with Crippen molar-refractivity contribution < 1.29 is 0 Å². The summed E-state index contributed by atoms with van der Waals surface area (Å²) >= 11 is 0. The van der Waals surface area contributed by atoms with Crippen LogP contribution in [0.3, 0.4) is 0 Å². The zero-order valence-corrected chi connectivity index (χ0v) is 14.6. The summed E-state index contributed by atoms with van der Waals surface area (Å²) in [5, 5.41) is 19.6. The van der Waals surface area contributed by atoms with Gasteiger partial charge in [0.15, 0.2) is 7.28 Å². The van der Waals surface area contributed by atoms with Crippen LogP contribution in [-0.2, 0) is 0 Å².